The van der Waals surface area contributed by atoms with Crippen LogP contribution in [-0.2, 0) is 16.1 Å². The monoisotopic (exact) mass is 367 g/mol. The van der Waals surface area contributed by atoms with Crippen LogP contribution in [0.5, 0.6) is 0 Å². The van der Waals surface area contributed by atoms with Crippen molar-refractivity contribution >= 4 is 24.2 Å². The summed E-state index contributed by atoms with van der Waals surface area (Å²) in [7, 11) is 0. The fourth-order valence-corrected chi connectivity index (χ4v) is 2.94. The molecule has 1 aromatic carbocycles. The molecule has 140 valence electrons. The van der Waals surface area contributed by atoms with Gasteiger partial charge in [-0.3, -0.25) is 9.59 Å². The van der Waals surface area contributed by atoms with Gasteiger partial charge in [0.2, 0.25) is 11.8 Å². The zero-order valence-corrected chi connectivity index (χ0v) is 16.0. The van der Waals surface area contributed by atoms with E-state index in [1.807, 2.05) is 43.0 Å². The van der Waals surface area contributed by atoms with Gasteiger partial charge in [0.05, 0.1) is 0 Å². The van der Waals surface area contributed by atoms with E-state index in [1.54, 1.807) is 0 Å². The Labute approximate surface area is 156 Å². The van der Waals surface area contributed by atoms with Gasteiger partial charge in [-0.15, -0.1) is 12.4 Å². The van der Waals surface area contributed by atoms with Gasteiger partial charge in [-0.05, 0) is 38.7 Å². The van der Waals surface area contributed by atoms with Gasteiger partial charge in [0.1, 0.15) is 0 Å². The van der Waals surface area contributed by atoms with Crippen molar-refractivity contribution in [1.82, 2.24) is 10.2 Å². The molecule has 6 heteroatoms. The van der Waals surface area contributed by atoms with Gasteiger partial charge in [-0.1, -0.05) is 29.8 Å². The molecule has 0 aliphatic carbocycles. The lowest BCUT2D eigenvalue weighted by Gasteiger charge is -2.31. The van der Waals surface area contributed by atoms with Gasteiger partial charge >= 0.3 is 0 Å². The molecule has 1 aliphatic rings. The molecule has 1 aliphatic heterocycles. The highest BCUT2D eigenvalue weighted by molar-refractivity contribution is 5.85. The molecule has 1 heterocycles. The smallest absolute Gasteiger partial charge is 0.223 e. The maximum absolute atomic E-state index is 12.3. The van der Waals surface area contributed by atoms with Gasteiger partial charge in [-0.25, -0.2) is 0 Å². The van der Waals surface area contributed by atoms with Crippen LogP contribution in [0.2, 0.25) is 0 Å². The number of halogens is 1. The fourth-order valence-electron chi connectivity index (χ4n) is 2.94. The summed E-state index contributed by atoms with van der Waals surface area (Å²) in [5.74, 6) is 0.261. The van der Waals surface area contributed by atoms with Crippen molar-refractivity contribution in [2.24, 2.45) is 11.7 Å². The number of piperidine rings is 1. The zero-order valence-electron chi connectivity index (χ0n) is 15.2. The summed E-state index contributed by atoms with van der Waals surface area (Å²) in [6, 6.07) is 8.23. The van der Waals surface area contributed by atoms with Crippen molar-refractivity contribution < 1.29 is 9.59 Å². The molecule has 3 N–H and O–H groups in total. The Hall–Kier alpha value is -1.59. The second-order valence-electron chi connectivity index (χ2n) is 6.87. The van der Waals surface area contributed by atoms with Crippen LogP contribution in [0, 0.1) is 12.8 Å². The third kappa shape index (κ3) is 7.04. The summed E-state index contributed by atoms with van der Waals surface area (Å²) in [5, 5.41) is 3.01. The minimum Gasteiger partial charge on any atom is -0.352 e. The van der Waals surface area contributed by atoms with Crippen molar-refractivity contribution in [1.29, 1.82) is 0 Å². The number of likely N-dealkylation sites (tertiary alicyclic amines) is 1. The second kappa shape index (κ2) is 10.4. The van der Waals surface area contributed by atoms with E-state index < -0.39 is 0 Å². The Bertz CT molecular complexity index is 552. The first-order valence-corrected chi connectivity index (χ1v) is 8.82. The van der Waals surface area contributed by atoms with E-state index >= 15 is 0 Å². The molecule has 2 rings (SSSR count). The van der Waals surface area contributed by atoms with Crippen LogP contribution >= 0.6 is 12.4 Å². The Morgan fingerprint density at radius 1 is 1.24 bits per heavy atom. The first-order valence-electron chi connectivity index (χ1n) is 8.82. The van der Waals surface area contributed by atoms with Gasteiger partial charge < -0.3 is 16.0 Å². The minimum absolute atomic E-state index is 0. The van der Waals surface area contributed by atoms with Crippen LogP contribution in [-0.4, -0.2) is 35.8 Å². The predicted molar refractivity (Wildman–Crippen MR) is 102 cm³/mol. The number of hydrogen-bond acceptors (Lipinski definition) is 3. The summed E-state index contributed by atoms with van der Waals surface area (Å²) in [6.07, 6.45) is 2.70. The van der Waals surface area contributed by atoms with Crippen molar-refractivity contribution in [3.05, 3.63) is 35.4 Å². The Balaban J connectivity index is 0.00000312. The van der Waals surface area contributed by atoms with E-state index in [2.05, 4.69) is 5.32 Å². The number of carbonyl (C=O) groups is 2. The molecule has 0 radical (unpaired) electrons. The molecular weight excluding hydrogens is 338 g/mol. The Morgan fingerprint density at radius 3 is 2.40 bits per heavy atom. The van der Waals surface area contributed by atoms with E-state index in [1.165, 1.54) is 5.56 Å². The molecule has 1 unspecified atom stereocenters. The molecule has 0 aromatic heterocycles. The van der Waals surface area contributed by atoms with Gasteiger partial charge in [0, 0.05) is 38.0 Å². The summed E-state index contributed by atoms with van der Waals surface area (Å²) in [5.41, 5.74) is 8.02. The van der Waals surface area contributed by atoms with Crippen LogP contribution in [0.3, 0.4) is 0 Å². The number of nitrogens with two attached hydrogens (primary N) is 1. The van der Waals surface area contributed by atoms with Crippen LogP contribution in [0.25, 0.3) is 0 Å². The first-order chi connectivity index (χ1) is 11.5. The highest BCUT2D eigenvalue weighted by atomic mass is 35.5. The van der Waals surface area contributed by atoms with Crippen molar-refractivity contribution in [3.8, 4) is 0 Å². The third-order valence-electron chi connectivity index (χ3n) is 4.62. The van der Waals surface area contributed by atoms with Crippen LogP contribution in [0.1, 0.15) is 43.7 Å². The largest absolute Gasteiger partial charge is 0.352 e. The molecule has 1 fully saturated rings. The SMILES string of the molecule is Cc1ccc(CNC(=O)C2CCN(C(=O)CCC(C)N)CC2)cc1.Cl. The van der Waals surface area contributed by atoms with Gasteiger partial charge in [0.25, 0.3) is 0 Å². The van der Waals surface area contributed by atoms with E-state index in [0.29, 0.717) is 26.1 Å². The normalized spacial score (nSPS) is 16.0. The highest BCUT2D eigenvalue weighted by Gasteiger charge is 2.26. The van der Waals surface area contributed by atoms with Crippen molar-refractivity contribution in [2.75, 3.05) is 13.1 Å². The van der Waals surface area contributed by atoms with Gasteiger partial charge in [-0.2, -0.15) is 0 Å². The minimum atomic E-state index is 0. The zero-order chi connectivity index (χ0) is 17.5. The number of rotatable bonds is 6. The number of benzene rings is 1. The molecule has 1 atom stereocenters. The number of aryl methyl sites for hydroxylation is 1. The summed E-state index contributed by atoms with van der Waals surface area (Å²) in [4.78, 5) is 26.3. The van der Waals surface area contributed by atoms with E-state index in [9.17, 15) is 9.59 Å². The standard InChI is InChI=1S/C19H29N3O2.ClH/c1-14-3-6-16(7-4-14)13-21-19(24)17-9-11-22(12-10-17)18(23)8-5-15(2)20;/h3-4,6-7,15,17H,5,8-13,20H2,1-2H3,(H,21,24);1H. The molecule has 0 saturated carbocycles. The van der Waals surface area contributed by atoms with Crippen molar-refractivity contribution in [2.45, 2.75) is 52.1 Å². The first kappa shape index (κ1) is 21.5. The predicted octanol–water partition coefficient (Wildman–Crippen LogP) is 2.40. The Kier molecular flexibility index (Phi) is 8.93. The van der Waals surface area contributed by atoms with Crippen LogP contribution < -0.4 is 11.1 Å². The van der Waals surface area contributed by atoms with E-state index in [0.717, 1.165) is 24.8 Å². The van der Waals surface area contributed by atoms with Crippen molar-refractivity contribution in [3.63, 3.8) is 0 Å². The molecule has 1 saturated heterocycles. The number of amides is 2. The maximum atomic E-state index is 12.3. The molecule has 1 aromatic rings. The number of hydrogen-bond donors (Lipinski definition) is 2. The average Bonchev–Trinajstić information content (AvgIpc) is 2.59. The number of carbonyl (C=O) groups excluding carboxylic acids is 2. The molecular formula is C19H30ClN3O2. The fraction of sp³-hybridized carbons (Fsp3) is 0.579. The summed E-state index contributed by atoms with van der Waals surface area (Å²) >= 11 is 0. The maximum Gasteiger partial charge on any atom is 0.223 e. The lowest BCUT2D eigenvalue weighted by atomic mass is 9.95. The van der Waals surface area contributed by atoms with Crippen LogP contribution in [0.15, 0.2) is 24.3 Å². The molecule has 25 heavy (non-hydrogen) atoms. The molecule has 0 bridgehead atoms. The lowest BCUT2D eigenvalue weighted by molar-refractivity contribution is -0.135. The number of nitrogens with one attached hydrogen (secondary N) is 1. The van der Waals surface area contributed by atoms with E-state index in [-0.39, 0.29) is 36.2 Å². The Morgan fingerprint density at radius 2 is 1.84 bits per heavy atom. The number of nitrogens with zero attached hydrogens (tertiary/aromatic N) is 1. The lowest BCUT2D eigenvalue weighted by Crippen LogP contribution is -2.43. The molecule has 5 nitrogen and oxygen atoms in total. The summed E-state index contributed by atoms with van der Waals surface area (Å²) in [6.45, 7) is 5.86. The molecule has 2 amide bonds. The highest BCUT2D eigenvalue weighted by Crippen LogP contribution is 2.18. The average molecular weight is 368 g/mol. The van der Waals surface area contributed by atoms with Gasteiger partial charge in [0.15, 0.2) is 0 Å². The quantitative estimate of drug-likeness (QED) is 0.810. The third-order valence-corrected chi connectivity index (χ3v) is 4.62. The second-order valence-corrected chi connectivity index (χ2v) is 6.87. The summed E-state index contributed by atoms with van der Waals surface area (Å²) < 4.78 is 0. The topological polar surface area (TPSA) is 75.4 Å². The van der Waals surface area contributed by atoms with Crippen LogP contribution in [0.4, 0.5) is 0 Å². The van der Waals surface area contributed by atoms with E-state index in [4.69, 9.17) is 5.73 Å². The molecule has 0 spiro atoms.